The molecule has 0 saturated carbocycles. The van der Waals surface area contributed by atoms with E-state index in [9.17, 15) is 4.79 Å². The van der Waals surface area contributed by atoms with E-state index >= 15 is 0 Å². The number of esters is 1. The van der Waals surface area contributed by atoms with Crippen LogP contribution in [0.4, 0.5) is 0 Å². The highest BCUT2D eigenvalue weighted by Gasteiger charge is 2.12. The Morgan fingerprint density at radius 1 is 0.893 bits per heavy atom. The minimum absolute atomic E-state index is 0. The van der Waals surface area contributed by atoms with Crippen LogP contribution in [-0.4, -0.2) is 5.97 Å². The fraction of sp³-hybridized carbons (Fsp3) is 0.667. The van der Waals surface area contributed by atoms with Gasteiger partial charge in [-0.05, 0) is 12.5 Å². The lowest BCUT2D eigenvalue weighted by molar-refractivity contribution is -0.700. The molecular formula is C24H40BrNO2. The highest BCUT2D eigenvalue weighted by molar-refractivity contribution is 5.82. The van der Waals surface area contributed by atoms with Crippen LogP contribution in [0.1, 0.15) is 96.8 Å². The number of pyridine rings is 1. The molecule has 0 unspecified atom stereocenters. The Labute approximate surface area is 183 Å². The number of aryl methyl sites for hydroxylation is 1. The molecule has 0 atom stereocenters. The maximum atomic E-state index is 11.4. The fourth-order valence-electron chi connectivity index (χ4n) is 3.36. The third-order valence-corrected chi connectivity index (χ3v) is 5.02. The van der Waals surface area contributed by atoms with E-state index in [1.54, 1.807) is 0 Å². The zero-order valence-corrected chi connectivity index (χ0v) is 19.4. The minimum Gasteiger partial charge on any atom is -1.00 e. The van der Waals surface area contributed by atoms with E-state index in [-0.39, 0.29) is 17.0 Å². The normalized spacial score (nSPS) is 10.3. The van der Waals surface area contributed by atoms with E-state index in [2.05, 4.69) is 13.5 Å². The molecule has 4 heteroatoms. The number of hydrogen-bond donors (Lipinski definition) is 0. The monoisotopic (exact) mass is 453 g/mol. The van der Waals surface area contributed by atoms with Crippen LogP contribution in [0.15, 0.2) is 37.1 Å². The molecule has 1 aromatic heterocycles. The molecule has 160 valence electrons. The number of unbranched alkanes of at least 4 members (excludes halogenated alkanes) is 13. The molecule has 3 nitrogen and oxygen atoms in total. The number of nitrogens with zero attached hydrogens (tertiary/aromatic N) is 1. The molecule has 0 aliphatic carbocycles. The quantitative estimate of drug-likeness (QED) is 0.156. The van der Waals surface area contributed by atoms with Gasteiger partial charge in [-0.25, -0.2) is 4.79 Å². The van der Waals surface area contributed by atoms with Crippen LogP contribution in [-0.2, 0) is 11.3 Å². The summed E-state index contributed by atoms with van der Waals surface area (Å²) in [6, 6.07) is 5.67. The summed E-state index contributed by atoms with van der Waals surface area (Å²) in [6.07, 6.45) is 22.2. The summed E-state index contributed by atoms with van der Waals surface area (Å²) < 4.78 is 7.27. The summed E-state index contributed by atoms with van der Waals surface area (Å²) in [5, 5.41) is 0. The first-order chi connectivity index (χ1) is 13.3. The average Bonchev–Trinajstić information content (AvgIpc) is 2.69. The second-order valence-electron chi connectivity index (χ2n) is 7.45. The number of rotatable bonds is 17. The van der Waals surface area contributed by atoms with Gasteiger partial charge in [0, 0.05) is 18.6 Å². The molecule has 0 bridgehead atoms. The average molecular weight is 454 g/mol. The molecule has 0 radical (unpaired) electrons. The number of carbonyl (C=O) groups excluding carboxylic acids is 1. The SMILES string of the molecule is C=CC(=O)Oc1cccc[n+]1CCCCCCCCCCCCCCCC.[Br-]. The van der Waals surface area contributed by atoms with Crippen molar-refractivity contribution in [1.29, 1.82) is 0 Å². The van der Waals surface area contributed by atoms with E-state index in [1.165, 1.54) is 89.5 Å². The van der Waals surface area contributed by atoms with Gasteiger partial charge in [-0.15, -0.1) is 0 Å². The predicted octanol–water partition coefficient (Wildman–Crippen LogP) is 3.55. The lowest BCUT2D eigenvalue weighted by atomic mass is 10.0. The summed E-state index contributed by atoms with van der Waals surface area (Å²) in [7, 11) is 0. The molecule has 1 heterocycles. The number of hydrogen-bond acceptors (Lipinski definition) is 2. The molecule has 1 aromatic rings. The van der Waals surface area contributed by atoms with Gasteiger partial charge in [0.15, 0.2) is 12.7 Å². The molecule has 0 spiro atoms. The summed E-state index contributed by atoms with van der Waals surface area (Å²) in [5.74, 6) is 0.188. The molecule has 0 N–H and O–H groups in total. The van der Waals surface area contributed by atoms with Crippen molar-refractivity contribution in [3.8, 4) is 5.88 Å². The molecular weight excluding hydrogens is 414 g/mol. The van der Waals surface area contributed by atoms with Gasteiger partial charge in [-0.2, -0.15) is 4.57 Å². The predicted molar refractivity (Wildman–Crippen MR) is 113 cm³/mol. The van der Waals surface area contributed by atoms with E-state index in [0.29, 0.717) is 5.88 Å². The second kappa shape index (κ2) is 19.2. The molecule has 0 aliphatic heterocycles. The Hall–Kier alpha value is -1.16. The standard InChI is InChI=1S/C24H40NO2.BrH/c1-3-5-6-7-8-9-10-11-12-13-14-15-16-18-21-25-22-19-17-20-23(25)27-24(26)4-2;/h4,17,19-20,22H,2-3,5-16,18,21H2,1H3;1H/q+1;/p-1. The summed E-state index contributed by atoms with van der Waals surface area (Å²) >= 11 is 0. The zero-order chi connectivity index (χ0) is 19.6. The molecule has 0 fully saturated rings. The smallest absolute Gasteiger partial charge is 0.375 e. The summed E-state index contributed by atoms with van der Waals surface area (Å²) in [6.45, 7) is 6.61. The van der Waals surface area contributed by atoms with Crippen LogP contribution in [0.3, 0.4) is 0 Å². The first-order valence-electron chi connectivity index (χ1n) is 11.1. The summed E-state index contributed by atoms with van der Waals surface area (Å²) in [5.41, 5.74) is 0. The fourth-order valence-corrected chi connectivity index (χ4v) is 3.36. The van der Waals surface area contributed by atoms with Crippen molar-refractivity contribution in [3.05, 3.63) is 37.1 Å². The Morgan fingerprint density at radius 2 is 1.39 bits per heavy atom. The van der Waals surface area contributed by atoms with Crippen LogP contribution in [0, 0.1) is 0 Å². The largest absolute Gasteiger partial charge is 1.00 e. The summed E-state index contributed by atoms with van der Waals surface area (Å²) in [4.78, 5) is 11.4. The first kappa shape index (κ1) is 26.8. The first-order valence-corrected chi connectivity index (χ1v) is 11.1. The van der Waals surface area contributed by atoms with Gasteiger partial charge in [-0.1, -0.05) is 90.6 Å². The van der Waals surface area contributed by atoms with Crippen molar-refractivity contribution in [2.75, 3.05) is 0 Å². The lowest BCUT2D eigenvalue weighted by Crippen LogP contribution is -3.00. The van der Waals surface area contributed by atoms with Crippen molar-refractivity contribution >= 4 is 5.97 Å². The molecule has 0 amide bonds. The van der Waals surface area contributed by atoms with Crippen molar-refractivity contribution < 1.29 is 31.1 Å². The van der Waals surface area contributed by atoms with E-state index < -0.39 is 5.97 Å². The molecule has 28 heavy (non-hydrogen) atoms. The Morgan fingerprint density at radius 3 is 1.89 bits per heavy atom. The van der Waals surface area contributed by atoms with Crippen molar-refractivity contribution in [3.63, 3.8) is 0 Å². The van der Waals surface area contributed by atoms with Crippen LogP contribution in [0.5, 0.6) is 5.88 Å². The van der Waals surface area contributed by atoms with Gasteiger partial charge in [0.1, 0.15) is 0 Å². The van der Waals surface area contributed by atoms with Crippen molar-refractivity contribution in [2.24, 2.45) is 0 Å². The van der Waals surface area contributed by atoms with Crippen LogP contribution < -0.4 is 26.3 Å². The van der Waals surface area contributed by atoms with Gasteiger partial charge in [0.05, 0.1) is 6.07 Å². The minimum atomic E-state index is -0.407. The van der Waals surface area contributed by atoms with Gasteiger partial charge < -0.3 is 21.7 Å². The number of ether oxygens (including phenoxy) is 1. The second-order valence-corrected chi connectivity index (χ2v) is 7.45. The lowest BCUT2D eigenvalue weighted by Gasteiger charge is -2.04. The Kier molecular flexibility index (Phi) is 18.4. The van der Waals surface area contributed by atoms with Crippen LogP contribution >= 0.6 is 0 Å². The maximum absolute atomic E-state index is 11.4. The van der Waals surface area contributed by atoms with Gasteiger partial charge in [0.2, 0.25) is 0 Å². The van der Waals surface area contributed by atoms with Gasteiger partial charge in [-0.3, -0.25) is 0 Å². The molecule has 0 aliphatic rings. The van der Waals surface area contributed by atoms with Gasteiger partial charge >= 0.3 is 11.8 Å². The van der Waals surface area contributed by atoms with Gasteiger partial charge in [0.25, 0.3) is 0 Å². The Balaban J connectivity index is 0.00000729. The number of halogens is 1. The molecule has 1 rings (SSSR count). The Bertz CT molecular complexity index is 519. The molecule has 0 saturated heterocycles. The topological polar surface area (TPSA) is 30.2 Å². The van der Waals surface area contributed by atoms with E-state index in [4.69, 9.17) is 4.74 Å². The van der Waals surface area contributed by atoms with E-state index in [1.807, 2.05) is 29.0 Å². The van der Waals surface area contributed by atoms with Crippen molar-refractivity contribution in [1.82, 2.24) is 0 Å². The zero-order valence-electron chi connectivity index (χ0n) is 17.8. The highest BCUT2D eigenvalue weighted by atomic mass is 79.9. The third-order valence-electron chi connectivity index (χ3n) is 5.02. The van der Waals surface area contributed by atoms with Crippen LogP contribution in [0.2, 0.25) is 0 Å². The third kappa shape index (κ3) is 13.9. The van der Waals surface area contributed by atoms with Crippen LogP contribution in [0.25, 0.3) is 0 Å². The van der Waals surface area contributed by atoms with E-state index in [0.717, 1.165) is 13.0 Å². The highest BCUT2D eigenvalue weighted by Crippen LogP contribution is 2.13. The number of carbonyl (C=O) groups is 1. The maximum Gasteiger partial charge on any atom is 0.375 e. The van der Waals surface area contributed by atoms with Crippen molar-refractivity contribution in [2.45, 2.75) is 103 Å². The number of aromatic nitrogens is 1. The molecule has 0 aromatic carbocycles.